The minimum atomic E-state index is 0.408. The first-order chi connectivity index (χ1) is 8.96. The molecular weight excluding hydrogens is 254 g/mol. The molecule has 1 fully saturated rings. The molecule has 0 radical (unpaired) electrons. The number of aromatic nitrogens is 3. The summed E-state index contributed by atoms with van der Waals surface area (Å²) in [4.78, 5) is 7.98. The minimum absolute atomic E-state index is 0.408. The maximum Gasteiger partial charge on any atom is 0.179 e. The van der Waals surface area contributed by atoms with Gasteiger partial charge in [0.15, 0.2) is 10.4 Å². The molecule has 19 heavy (non-hydrogen) atoms. The molecule has 1 atom stereocenters. The number of rotatable bonds is 1. The molecule has 3 rings (SSSR count). The Kier molecular flexibility index (Phi) is 3.01. The van der Waals surface area contributed by atoms with E-state index in [0.29, 0.717) is 11.5 Å². The Morgan fingerprint density at radius 3 is 2.95 bits per heavy atom. The second-order valence-electron chi connectivity index (χ2n) is 6.54. The highest BCUT2D eigenvalue weighted by Gasteiger charge is 2.30. The summed E-state index contributed by atoms with van der Waals surface area (Å²) >= 11 is 5.52. The molecule has 0 amide bonds. The first kappa shape index (κ1) is 12.9. The summed E-state index contributed by atoms with van der Waals surface area (Å²) in [6.45, 7) is 6.75. The van der Waals surface area contributed by atoms with Gasteiger partial charge in [-0.2, -0.15) is 0 Å². The molecule has 2 heterocycles. The van der Waals surface area contributed by atoms with Gasteiger partial charge in [0.25, 0.3) is 0 Å². The molecule has 102 valence electrons. The number of pyridine rings is 1. The minimum Gasteiger partial charge on any atom is -0.329 e. The van der Waals surface area contributed by atoms with Crippen molar-refractivity contribution in [2.75, 3.05) is 0 Å². The van der Waals surface area contributed by atoms with E-state index in [9.17, 15) is 0 Å². The number of hydrogen-bond donors (Lipinski definition) is 1. The van der Waals surface area contributed by atoms with Crippen LogP contribution in [0.25, 0.3) is 11.2 Å². The van der Waals surface area contributed by atoms with Gasteiger partial charge < -0.3 is 4.98 Å². The van der Waals surface area contributed by atoms with Crippen LogP contribution >= 0.6 is 12.2 Å². The average molecular weight is 275 g/mol. The third kappa shape index (κ3) is 2.34. The van der Waals surface area contributed by atoms with Crippen molar-refractivity contribution < 1.29 is 0 Å². The lowest BCUT2D eigenvalue weighted by atomic mass is 9.75. The molecule has 2 aromatic rings. The Balaban J connectivity index is 2.11. The van der Waals surface area contributed by atoms with E-state index in [4.69, 9.17) is 12.2 Å². The van der Waals surface area contributed by atoms with Crippen LogP contribution in [0.4, 0.5) is 0 Å². The van der Waals surface area contributed by atoms with Crippen LogP contribution < -0.4 is 0 Å². The van der Waals surface area contributed by atoms with Gasteiger partial charge in [-0.15, -0.1) is 0 Å². The third-order valence-corrected chi connectivity index (χ3v) is 4.55. The quantitative estimate of drug-likeness (QED) is 0.775. The zero-order chi connectivity index (χ0) is 13.6. The van der Waals surface area contributed by atoms with E-state index in [1.807, 2.05) is 13.0 Å². The predicted octanol–water partition coefficient (Wildman–Crippen LogP) is 4.54. The van der Waals surface area contributed by atoms with Crippen molar-refractivity contribution >= 4 is 23.4 Å². The molecule has 4 heteroatoms. The normalized spacial score (nSPS) is 22.8. The van der Waals surface area contributed by atoms with Gasteiger partial charge in [0.1, 0.15) is 0 Å². The molecule has 0 bridgehead atoms. The van der Waals surface area contributed by atoms with Crippen molar-refractivity contribution in [1.29, 1.82) is 0 Å². The van der Waals surface area contributed by atoms with E-state index in [1.54, 1.807) is 0 Å². The van der Waals surface area contributed by atoms with E-state index < -0.39 is 0 Å². The van der Waals surface area contributed by atoms with E-state index in [-0.39, 0.29) is 0 Å². The molecule has 0 aliphatic heterocycles. The highest BCUT2D eigenvalue weighted by molar-refractivity contribution is 7.71. The molecule has 0 spiro atoms. The SMILES string of the molecule is Cc1ccc2[nH]c(=S)n(C3CCCC(C)(C)C3)c2n1. The van der Waals surface area contributed by atoms with Crippen LogP contribution in [0.2, 0.25) is 0 Å². The topological polar surface area (TPSA) is 33.6 Å². The Bertz CT molecular complexity index is 666. The number of hydrogen-bond acceptors (Lipinski definition) is 2. The van der Waals surface area contributed by atoms with E-state index in [0.717, 1.165) is 21.6 Å². The van der Waals surface area contributed by atoms with Crippen LogP contribution in [0, 0.1) is 17.1 Å². The van der Waals surface area contributed by atoms with Crippen molar-refractivity contribution in [3.8, 4) is 0 Å². The molecule has 1 saturated carbocycles. The molecule has 1 aliphatic carbocycles. The highest BCUT2D eigenvalue weighted by atomic mass is 32.1. The molecule has 0 saturated heterocycles. The highest BCUT2D eigenvalue weighted by Crippen LogP contribution is 2.41. The van der Waals surface area contributed by atoms with E-state index in [1.165, 1.54) is 25.7 Å². The fraction of sp³-hybridized carbons (Fsp3) is 0.600. The van der Waals surface area contributed by atoms with Crippen LogP contribution in [0.15, 0.2) is 12.1 Å². The number of imidazole rings is 1. The zero-order valence-corrected chi connectivity index (χ0v) is 12.7. The lowest BCUT2D eigenvalue weighted by molar-refractivity contribution is 0.184. The van der Waals surface area contributed by atoms with Crippen molar-refractivity contribution in [3.63, 3.8) is 0 Å². The standard InChI is InChI=1S/C15H21N3S/c1-10-6-7-12-13(16-10)18(14(19)17-12)11-5-4-8-15(2,3)9-11/h6-7,11H,4-5,8-9H2,1-3H3,(H,17,19). The van der Waals surface area contributed by atoms with Crippen molar-refractivity contribution in [1.82, 2.24) is 14.5 Å². The Morgan fingerprint density at radius 1 is 1.42 bits per heavy atom. The van der Waals surface area contributed by atoms with Crippen LogP contribution in [-0.2, 0) is 0 Å². The maximum absolute atomic E-state index is 5.52. The Labute approximate surface area is 119 Å². The third-order valence-electron chi connectivity index (χ3n) is 4.25. The molecule has 1 unspecified atom stereocenters. The zero-order valence-electron chi connectivity index (χ0n) is 11.9. The van der Waals surface area contributed by atoms with Gasteiger partial charge in [-0.05, 0) is 56.0 Å². The van der Waals surface area contributed by atoms with E-state index >= 15 is 0 Å². The summed E-state index contributed by atoms with van der Waals surface area (Å²) in [6.07, 6.45) is 4.98. The van der Waals surface area contributed by atoms with Crippen molar-refractivity contribution in [2.45, 2.75) is 52.5 Å². The molecular formula is C15H21N3S. The molecule has 1 N–H and O–H groups in total. The summed E-state index contributed by atoms with van der Waals surface area (Å²) in [5, 5.41) is 0. The maximum atomic E-state index is 5.52. The lowest BCUT2D eigenvalue weighted by Gasteiger charge is -2.35. The van der Waals surface area contributed by atoms with Crippen LogP contribution in [0.5, 0.6) is 0 Å². The fourth-order valence-electron chi connectivity index (χ4n) is 3.31. The molecule has 3 nitrogen and oxygen atoms in total. The molecule has 0 aromatic carbocycles. The Morgan fingerprint density at radius 2 is 2.21 bits per heavy atom. The van der Waals surface area contributed by atoms with Crippen LogP contribution in [-0.4, -0.2) is 14.5 Å². The van der Waals surface area contributed by atoms with Crippen molar-refractivity contribution in [2.24, 2.45) is 5.41 Å². The Hall–Kier alpha value is -1.16. The number of nitrogens with one attached hydrogen (secondary N) is 1. The van der Waals surface area contributed by atoms with Gasteiger partial charge in [-0.1, -0.05) is 20.3 Å². The van der Waals surface area contributed by atoms with Crippen LogP contribution in [0.3, 0.4) is 0 Å². The molecule has 1 aliphatic rings. The second-order valence-corrected chi connectivity index (χ2v) is 6.93. The average Bonchev–Trinajstić information content (AvgIpc) is 2.63. The van der Waals surface area contributed by atoms with Gasteiger partial charge in [-0.3, -0.25) is 4.57 Å². The second kappa shape index (κ2) is 4.44. The number of nitrogens with zero attached hydrogens (tertiary/aromatic N) is 2. The predicted molar refractivity (Wildman–Crippen MR) is 80.9 cm³/mol. The van der Waals surface area contributed by atoms with Gasteiger partial charge in [-0.25, -0.2) is 4.98 Å². The summed E-state index contributed by atoms with van der Waals surface area (Å²) in [5.74, 6) is 0. The number of H-pyrrole nitrogens is 1. The van der Waals surface area contributed by atoms with Gasteiger partial charge >= 0.3 is 0 Å². The van der Waals surface area contributed by atoms with Gasteiger partial charge in [0.2, 0.25) is 0 Å². The largest absolute Gasteiger partial charge is 0.329 e. The first-order valence-electron chi connectivity index (χ1n) is 7.04. The summed E-state index contributed by atoms with van der Waals surface area (Å²) in [6, 6.07) is 4.60. The number of aromatic amines is 1. The van der Waals surface area contributed by atoms with Gasteiger partial charge in [0.05, 0.1) is 5.52 Å². The first-order valence-corrected chi connectivity index (χ1v) is 7.45. The van der Waals surface area contributed by atoms with E-state index in [2.05, 4.69) is 34.4 Å². The summed E-state index contributed by atoms with van der Waals surface area (Å²) in [7, 11) is 0. The summed E-state index contributed by atoms with van der Waals surface area (Å²) < 4.78 is 3.06. The lowest BCUT2D eigenvalue weighted by Crippen LogP contribution is -2.25. The van der Waals surface area contributed by atoms with Crippen molar-refractivity contribution in [3.05, 3.63) is 22.6 Å². The smallest absolute Gasteiger partial charge is 0.179 e. The molecule has 2 aromatic heterocycles. The summed E-state index contributed by atoms with van der Waals surface area (Å²) in [5.41, 5.74) is 3.53. The number of fused-ring (bicyclic) bond motifs is 1. The monoisotopic (exact) mass is 275 g/mol. The van der Waals surface area contributed by atoms with Gasteiger partial charge in [0, 0.05) is 11.7 Å². The number of aryl methyl sites for hydroxylation is 1. The van der Waals surface area contributed by atoms with Crippen LogP contribution in [0.1, 0.15) is 51.3 Å². The fourth-order valence-corrected chi connectivity index (χ4v) is 3.66.